The van der Waals surface area contributed by atoms with Crippen molar-refractivity contribution in [1.29, 1.82) is 0 Å². The molecule has 0 amide bonds. The SMILES string of the molecule is CC(C)C[C@@H](C)C(=O)COc1ccc(CN)cc1. The number of ketones is 1. The summed E-state index contributed by atoms with van der Waals surface area (Å²) < 4.78 is 5.48. The number of carbonyl (C=O) groups is 1. The van der Waals surface area contributed by atoms with Gasteiger partial charge in [-0.25, -0.2) is 0 Å². The molecule has 0 saturated heterocycles. The highest BCUT2D eigenvalue weighted by molar-refractivity contribution is 5.82. The summed E-state index contributed by atoms with van der Waals surface area (Å²) in [5.41, 5.74) is 6.57. The third kappa shape index (κ3) is 4.88. The number of nitrogens with two attached hydrogens (primary N) is 1. The highest BCUT2D eigenvalue weighted by Crippen LogP contribution is 2.15. The van der Waals surface area contributed by atoms with Gasteiger partial charge in [0.1, 0.15) is 12.4 Å². The summed E-state index contributed by atoms with van der Waals surface area (Å²) in [6, 6.07) is 7.53. The minimum Gasteiger partial charge on any atom is -0.486 e. The van der Waals surface area contributed by atoms with Gasteiger partial charge in [-0.1, -0.05) is 32.9 Å². The summed E-state index contributed by atoms with van der Waals surface area (Å²) in [4.78, 5) is 11.8. The molecule has 3 nitrogen and oxygen atoms in total. The molecule has 1 atom stereocenters. The first-order chi connectivity index (χ1) is 8.52. The molecule has 0 unspecified atom stereocenters. The molecule has 0 spiro atoms. The monoisotopic (exact) mass is 249 g/mol. The van der Waals surface area contributed by atoms with Gasteiger partial charge >= 0.3 is 0 Å². The van der Waals surface area contributed by atoms with Crippen LogP contribution in [0.15, 0.2) is 24.3 Å². The van der Waals surface area contributed by atoms with E-state index in [2.05, 4.69) is 13.8 Å². The largest absolute Gasteiger partial charge is 0.486 e. The lowest BCUT2D eigenvalue weighted by molar-refractivity contribution is -0.124. The molecule has 0 aliphatic rings. The van der Waals surface area contributed by atoms with Crippen LogP contribution in [-0.2, 0) is 11.3 Å². The van der Waals surface area contributed by atoms with Crippen molar-refractivity contribution in [2.75, 3.05) is 6.61 Å². The number of carbonyl (C=O) groups excluding carboxylic acids is 1. The quantitative estimate of drug-likeness (QED) is 0.808. The normalized spacial score (nSPS) is 12.5. The van der Waals surface area contributed by atoms with Crippen molar-refractivity contribution in [2.24, 2.45) is 17.6 Å². The first-order valence-corrected chi connectivity index (χ1v) is 6.47. The van der Waals surface area contributed by atoms with E-state index in [1.807, 2.05) is 31.2 Å². The number of ether oxygens (including phenoxy) is 1. The average Bonchev–Trinajstić information content (AvgIpc) is 2.35. The van der Waals surface area contributed by atoms with Gasteiger partial charge in [-0.15, -0.1) is 0 Å². The van der Waals surface area contributed by atoms with Crippen LogP contribution in [0.2, 0.25) is 0 Å². The fraction of sp³-hybridized carbons (Fsp3) is 0.533. The molecule has 18 heavy (non-hydrogen) atoms. The lowest BCUT2D eigenvalue weighted by atomic mass is 9.95. The van der Waals surface area contributed by atoms with E-state index in [4.69, 9.17) is 10.5 Å². The Morgan fingerprint density at radius 3 is 2.33 bits per heavy atom. The van der Waals surface area contributed by atoms with Crippen LogP contribution >= 0.6 is 0 Å². The van der Waals surface area contributed by atoms with E-state index < -0.39 is 0 Å². The number of hydrogen-bond acceptors (Lipinski definition) is 3. The molecular weight excluding hydrogens is 226 g/mol. The lowest BCUT2D eigenvalue weighted by Crippen LogP contribution is -2.20. The molecule has 1 aromatic carbocycles. The maximum Gasteiger partial charge on any atom is 0.172 e. The molecule has 0 saturated carbocycles. The molecule has 0 aliphatic heterocycles. The lowest BCUT2D eigenvalue weighted by Gasteiger charge is -2.13. The van der Waals surface area contributed by atoms with Gasteiger partial charge in [0.15, 0.2) is 5.78 Å². The minimum atomic E-state index is 0.0633. The molecule has 0 heterocycles. The Bertz CT molecular complexity index is 371. The van der Waals surface area contributed by atoms with Crippen LogP contribution in [0.1, 0.15) is 32.8 Å². The van der Waals surface area contributed by atoms with E-state index in [-0.39, 0.29) is 18.3 Å². The average molecular weight is 249 g/mol. The first kappa shape index (κ1) is 14.7. The molecule has 0 aromatic heterocycles. The molecular formula is C15H23NO2. The Balaban J connectivity index is 2.41. The van der Waals surface area contributed by atoms with Gasteiger partial charge in [0.25, 0.3) is 0 Å². The van der Waals surface area contributed by atoms with E-state index in [9.17, 15) is 4.79 Å². The zero-order chi connectivity index (χ0) is 13.5. The van der Waals surface area contributed by atoms with Crippen molar-refractivity contribution in [3.8, 4) is 5.75 Å². The number of Topliss-reactive ketones (excluding diaryl/α,β-unsaturated/α-hetero) is 1. The van der Waals surface area contributed by atoms with Crippen LogP contribution < -0.4 is 10.5 Å². The van der Waals surface area contributed by atoms with Crippen LogP contribution in [0, 0.1) is 11.8 Å². The van der Waals surface area contributed by atoms with Crippen molar-refractivity contribution in [2.45, 2.75) is 33.7 Å². The Kier molecular flexibility index (Phi) is 5.86. The van der Waals surface area contributed by atoms with Crippen LogP contribution in [0.4, 0.5) is 0 Å². The van der Waals surface area contributed by atoms with Crippen molar-refractivity contribution in [1.82, 2.24) is 0 Å². The van der Waals surface area contributed by atoms with Crippen molar-refractivity contribution < 1.29 is 9.53 Å². The number of rotatable bonds is 7. The van der Waals surface area contributed by atoms with Crippen molar-refractivity contribution in [3.63, 3.8) is 0 Å². The van der Waals surface area contributed by atoms with Crippen molar-refractivity contribution >= 4 is 5.78 Å². The topological polar surface area (TPSA) is 52.3 Å². The van der Waals surface area contributed by atoms with Crippen LogP contribution in [0.25, 0.3) is 0 Å². The summed E-state index contributed by atoms with van der Waals surface area (Å²) in [6.07, 6.45) is 0.911. The van der Waals surface area contributed by atoms with Gasteiger partial charge in [0.2, 0.25) is 0 Å². The third-order valence-electron chi connectivity index (χ3n) is 2.91. The molecule has 1 rings (SSSR count). The maximum atomic E-state index is 11.8. The van der Waals surface area contributed by atoms with E-state index in [0.717, 1.165) is 17.7 Å². The van der Waals surface area contributed by atoms with E-state index in [1.54, 1.807) is 0 Å². The smallest absolute Gasteiger partial charge is 0.172 e. The molecule has 2 N–H and O–H groups in total. The molecule has 0 aliphatic carbocycles. The molecule has 0 fully saturated rings. The van der Waals surface area contributed by atoms with Gasteiger partial charge in [0.05, 0.1) is 0 Å². The molecule has 1 aromatic rings. The number of hydrogen-bond donors (Lipinski definition) is 1. The van der Waals surface area contributed by atoms with Gasteiger partial charge in [0, 0.05) is 12.5 Å². The summed E-state index contributed by atoms with van der Waals surface area (Å²) in [5, 5.41) is 0. The molecule has 3 heteroatoms. The fourth-order valence-corrected chi connectivity index (χ4v) is 1.86. The van der Waals surface area contributed by atoms with Crippen LogP contribution in [0.3, 0.4) is 0 Å². The molecule has 100 valence electrons. The van der Waals surface area contributed by atoms with E-state index >= 15 is 0 Å². The van der Waals surface area contributed by atoms with E-state index in [0.29, 0.717) is 12.5 Å². The van der Waals surface area contributed by atoms with Crippen LogP contribution in [-0.4, -0.2) is 12.4 Å². The maximum absolute atomic E-state index is 11.8. The predicted molar refractivity (Wildman–Crippen MR) is 73.5 cm³/mol. The second-order valence-electron chi connectivity index (χ2n) is 5.13. The Labute approximate surface area is 109 Å². The fourth-order valence-electron chi connectivity index (χ4n) is 1.86. The molecule has 0 radical (unpaired) electrons. The third-order valence-corrected chi connectivity index (χ3v) is 2.91. The highest BCUT2D eigenvalue weighted by Gasteiger charge is 2.14. The summed E-state index contributed by atoms with van der Waals surface area (Å²) in [5.74, 6) is 1.48. The van der Waals surface area contributed by atoms with E-state index in [1.165, 1.54) is 0 Å². The highest BCUT2D eigenvalue weighted by atomic mass is 16.5. The Morgan fingerprint density at radius 2 is 1.83 bits per heavy atom. The summed E-state index contributed by atoms with van der Waals surface area (Å²) >= 11 is 0. The molecule has 0 bridgehead atoms. The Hall–Kier alpha value is -1.35. The van der Waals surface area contributed by atoms with Crippen LogP contribution in [0.5, 0.6) is 5.75 Å². The van der Waals surface area contributed by atoms with Gasteiger partial charge in [-0.2, -0.15) is 0 Å². The van der Waals surface area contributed by atoms with Gasteiger partial charge in [-0.3, -0.25) is 4.79 Å². The van der Waals surface area contributed by atoms with Crippen molar-refractivity contribution in [3.05, 3.63) is 29.8 Å². The minimum absolute atomic E-state index is 0.0633. The zero-order valence-electron chi connectivity index (χ0n) is 11.5. The standard InChI is InChI=1S/C15H23NO2/c1-11(2)8-12(3)15(17)10-18-14-6-4-13(9-16)5-7-14/h4-7,11-12H,8-10,16H2,1-3H3/t12-/m1/s1. The Morgan fingerprint density at radius 1 is 1.22 bits per heavy atom. The summed E-state index contributed by atoms with van der Waals surface area (Å²) in [7, 11) is 0. The van der Waals surface area contributed by atoms with Gasteiger partial charge in [-0.05, 0) is 30.0 Å². The first-order valence-electron chi connectivity index (χ1n) is 6.47. The number of benzene rings is 1. The summed E-state index contributed by atoms with van der Waals surface area (Å²) in [6.45, 7) is 6.87. The predicted octanol–water partition coefficient (Wildman–Crippen LogP) is 2.78. The second kappa shape index (κ2) is 7.17. The second-order valence-corrected chi connectivity index (χ2v) is 5.13. The van der Waals surface area contributed by atoms with Gasteiger partial charge < -0.3 is 10.5 Å². The zero-order valence-corrected chi connectivity index (χ0v) is 11.5.